The molecule has 13 heteroatoms. The van der Waals surface area contributed by atoms with Gasteiger partial charge in [-0.1, -0.05) is 12.1 Å². The fourth-order valence-electron chi connectivity index (χ4n) is 4.77. The molecule has 0 spiro atoms. The second-order valence-corrected chi connectivity index (χ2v) is 9.68. The maximum atomic E-state index is 13.7. The molecule has 4 amide bonds. The smallest absolute Gasteiger partial charge is 0.349 e. The number of rotatable bonds is 1. The van der Waals surface area contributed by atoms with Crippen LogP contribution in [0.25, 0.3) is 0 Å². The molecule has 2 saturated heterocycles. The van der Waals surface area contributed by atoms with E-state index < -0.39 is 41.4 Å². The third-order valence-electron chi connectivity index (χ3n) is 6.91. The Morgan fingerprint density at radius 2 is 1.29 bits per heavy atom. The Labute approximate surface area is 233 Å². The minimum absolute atomic E-state index is 0.000000000000000444. The highest BCUT2D eigenvalue weighted by Gasteiger charge is 2.44. The number of carbonyl (C=O) groups is 6. The first-order valence-electron chi connectivity index (χ1n) is 13.1. The van der Waals surface area contributed by atoms with Crippen molar-refractivity contribution in [2.24, 2.45) is 5.73 Å². The van der Waals surface area contributed by atoms with Gasteiger partial charge in [-0.2, -0.15) is 0 Å². The zero-order valence-corrected chi connectivity index (χ0v) is 21.9. The number of hydrogen-bond acceptors (Lipinski definition) is 8. The van der Waals surface area contributed by atoms with E-state index in [1.54, 1.807) is 0 Å². The average molecular weight is 571 g/mol. The first-order chi connectivity index (χ1) is 19.6. The minimum Gasteiger partial charge on any atom is -0.386 e. The van der Waals surface area contributed by atoms with Crippen LogP contribution in [-0.2, 0) is 14.3 Å². The molecule has 2 atom stereocenters. The lowest BCUT2D eigenvalue weighted by molar-refractivity contribution is -0.124. The zero-order chi connectivity index (χ0) is 29.7. The standard InChI is InChI=1S/C14H13FN2O3.C8H3FO3.C6H12N2O/c15-9-5-3-4-8-11(9)14(20)17(13(8)19)10-6-1-2-7-16-12(10)18;9-5-3-1-2-4-6(5)8(11)12-7(4)10;7-5-3-1-2-4-8-6(5)9/h3-5,10H,1-2,6-7H2,(H,16,18);1-3H;5H,1-4,7H2,(H,8,9). The molecule has 2 fully saturated rings. The SMILES string of the molecule is NC1CCCCNC1=O.O=C1NCCCCC1N1C(=O)c2cccc(F)c2C1=O.O=C1OC(=O)c2c(F)cccc21. The van der Waals surface area contributed by atoms with Crippen LogP contribution in [0.1, 0.15) is 80.0 Å². The Balaban J connectivity index is 0.000000156. The number of imide groups is 1. The highest BCUT2D eigenvalue weighted by molar-refractivity contribution is 6.23. The third-order valence-corrected chi connectivity index (χ3v) is 6.91. The maximum Gasteiger partial charge on any atom is 0.349 e. The highest BCUT2D eigenvalue weighted by Crippen LogP contribution is 2.29. The Morgan fingerprint density at radius 1 is 0.707 bits per heavy atom. The van der Waals surface area contributed by atoms with Gasteiger partial charge in [0.15, 0.2) is 0 Å². The molecule has 11 nitrogen and oxygen atoms in total. The van der Waals surface area contributed by atoms with E-state index in [1.807, 2.05) is 0 Å². The van der Waals surface area contributed by atoms with Crippen LogP contribution in [0, 0.1) is 11.6 Å². The van der Waals surface area contributed by atoms with Gasteiger partial charge in [-0.25, -0.2) is 18.4 Å². The van der Waals surface area contributed by atoms with Gasteiger partial charge < -0.3 is 21.1 Å². The van der Waals surface area contributed by atoms with Gasteiger partial charge in [-0.05, 0) is 62.8 Å². The summed E-state index contributed by atoms with van der Waals surface area (Å²) in [4.78, 5) is 69.8. The first-order valence-corrected chi connectivity index (χ1v) is 13.1. The van der Waals surface area contributed by atoms with Crippen LogP contribution in [0.2, 0.25) is 0 Å². The van der Waals surface area contributed by atoms with E-state index in [0.29, 0.717) is 13.0 Å². The number of nitrogens with one attached hydrogen (secondary N) is 2. The van der Waals surface area contributed by atoms with Crippen LogP contribution in [0.4, 0.5) is 8.78 Å². The lowest BCUT2D eigenvalue weighted by Crippen LogP contribution is -2.48. The number of esters is 2. The van der Waals surface area contributed by atoms with Crippen molar-refractivity contribution in [3.63, 3.8) is 0 Å². The number of hydrogen-bond donors (Lipinski definition) is 3. The fourth-order valence-corrected chi connectivity index (χ4v) is 4.77. The fraction of sp³-hybridized carbons (Fsp3) is 0.357. The molecule has 2 aromatic carbocycles. The molecule has 6 rings (SSSR count). The van der Waals surface area contributed by atoms with Crippen molar-refractivity contribution < 1.29 is 42.3 Å². The molecule has 2 aromatic rings. The number of cyclic esters (lactones) is 2. The van der Waals surface area contributed by atoms with Gasteiger partial charge in [0.2, 0.25) is 11.8 Å². The average Bonchev–Trinajstić information content (AvgIpc) is 3.16. The molecule has 0 aliphatic carbocycles. The summed E-state index contributed by atoms with van der Waals surface area (Å²) in [5.74, 6) is -4.79. The van der Waals surface area contributed by atoms with E-state index in [0.717, 1.165) is 55.7 Å². The quantitative estimate of drug-likeness (QED) is 0.266. The van der Waals surface area contributed by atoms with Crippen molar-refractivity contribution in [2.45, 2.75) is 50.6 Å². The van der Waals surface area contributed by atoms with Crippen LogP contribution in [0.5, 0.6) is 0 Å². The molecule has 2 unspecified atom stereocenters. The predicted molar refractivity (Wildman–Crippen MR) is 139 cm³/mol. The zero-order valence-electron chi connectivity index (χ0n) is 21.9. The number of nitrogens with zero attached hydrogens (tertiary/aromatic N) is 1. The number of nitrogens with two attached hydrogens (primary N) is 1. The molecule has 4 aliphatic rings. The van der Waals surface area contributed by atoms with E-state index in [2.05, 4.69) is 15.4 Å². The number of amides is 4. The molecule has 0 aromatic heterocycles. The second-order valence-electron chi connectivity index (χ2n) is 9.68. The number of fused-ring (bicyclic) bond motifs is 2. The van der Waals surface area contributed by atoms with Crippen molar-refractivity contribution in [1.29, 1.82) is 0 Å². The number of ether oxygens (including phenoxy) is 1. The van der Waals surface area contributed by atoms with Gasteiger partial charge in [0.1, 0.15) is 23.2 Å². The van der Waals surface area contributed by atoms with Crippen LogP contribution < -0.4 is 16.4 Å². The van der Waals surface area contributed by atoms with E-state index >= 15 is 0 Å². The van der Waals surface area contributed by atoms with E-state index in [1.165, 1.54) is 24.3 Å². The molecular weight excluding hydrogens is 542 g/mol. The summed E-state index contributed by atoms with van der Waals surface area (Å²) < 4.78 is 30.8. The predicted octanol–water partition coefficient (Wildman–Crippen LogP) is 1.84. The molecule has 0 bridgehead atoms. The van der Waals surface area contributed by atoms with Gasteiger partial charge in [0, 0.05) is 13.1 Å². The molecule has 4 heterocycles. The third kappa shape index (κ3) is 6.30. The summed E-state index contributed by atoms with van der Waals surface area (Å²) in [5.41, 5.74) is 5.01. The van der Waals surface area contributed by atoms with Gasteiger partial charge in [0.25, 0.3) is 11.8 Å². The maximum absolute atomic E-state index is 13.7. The minimum atomic E-state index is -0.909. The monoisotopic (exact) mass is 570 g/mol. The van der Waals surface area contributed by atoms with Crippen molar-refractivity contribution in [3.8, 4) is 0 Å². The van der Waals surface area contributed by atoms with Gasteiger partial charge >= 0.3 is 11.9 Å². The Morgan fingerprint density at radius 3 is 1.93 bits per heavy atom. The largest absolute Gasteiger partial charge is 0.386 e. The van der Waals surface area contributed by atoms with Gasteiger partial charge in [-0.15, -0.1) is 0 Å². The molecule has 0 saturated carbocycles. The Bertz CT molecular complexity index is 1410. The van der Waals surface area contributed by atoms with Crippen molar-refractivity contribution >= 4 is 35.6 Å². The summed E-state index contributed by atoms with van der Waals surface area (Å²) in [5, 5.41) is 5.41. The summed E-state index contributed by atoms with van der Waals surface area (Å²) >= 11 is 0. The molecule has 4 N–H and O–H groups in total. The lowest BCUT2D eigenvalue weighted by Gasteiger charge is -2.23. The topological polar surface area (TPSA) is 165 Å². The molecule has 4 aliphatic heterocycles. The second kappa shape index (κ2) is 12.8. The Kier molecular flexibility index (Phi) is 9.17. The molecule has 41 heavy (non-hydrogen) atoms. The highest BCUT2D eigenvalue weighted by atomic mass is 19.1. The van der Waals surface area contributed by atoms with E-state index in [4.69, 9.17) is 5.73 Å². The van der Waals surface area contributed by atoms with E-state index in [9.17, 15) is 37.5 Å². The van der Waals surface area contributed by atoms with Crippen molar-refractivity contribution in [1.82, 2.24) is 15.5 Å². The van der Waals surface area contributed by atoms with Crippen LogP contribution in [-0.4, -0.2) is 65.6 Å². The summed E-state index contributed by atoms with van der Waals surface area (Å²) in [7, 11) is 0. The lowest BCUT2D eigenvalue weighted by atomic mass is 10.1. The molecule has 0 radical (unpaired) electrons. The van der Waals surface area contributed by atoms with Crippen LogP contribution >= 0.6 is 0 Å². The normalized spacial score (nSPS) is 21.6. The summed E-state index contributed by atoms with van der Waals surface area (Å²) in [6.07, 6.45) is 4.93. The van der Waals surface area contributed by atoms with Crippen molar-refractivity contribution in [2.75, 3.05) is 13.1 Å². The van der Waals surface area contributed by atoms with E-state index in [-0.39, 0.29) is 40.1 Å². The van der Waals surface area contributed by atoms with Gasteiger partial charge in [-0.3, -0.25) is 24.1 Å². The number of carbonyl (C=O) groups excluding carboxylic acids is 6. The number of halogens is 2. The van der Waals surface area contributed by atoms with Crippen LogP contribution in [0.3, 0.4) is 0 Å². The molecule has 216 valence electrons. The molecular formula is C28H28F2N4O7. The van der Waals surface area contributed by atoms with Crippen LogP contribution in [0.15, 0.2) is 36.4 Å². The number of benzene rings is 2. The summed E-state index contributed by atoms with van der Waals surface area (Å²) in [6, 6.07) is 6.65. The first kappa shape index (κ1) is 29.5. The Hall–Kier alpha value is -4.52. The summed E-state index contributed by atoms with van der Waals surface area (Å²) in [6.45, 7) is 1.33. The van der Waals surface area contributed by atoms with Gasteiger partial charge in [0.05, 0.1) is 22.7 Å². The van der Waals surface area contributed by atoms with Crippen molar-refractivity contribution in [3.05, 3.63) is 70.3 Å².